The molecule has 1 aliphatic heterocycles. The average molecular weight is 249 g/mol. The van der Waals surface area contributed by atoms with Crippen molar-refractivity contribution in [1.29, 1.82) is 0 Å². The van der Waals surface area contributed by atoms with Gasteiger partial charge in [0.1, 0.15) is 0 Å². The molecule has 0 saturated carbocycles. The third-order valence-corrected chi connectivity index (χ3v) is 2.43. The molecule has 0 spiro atoms. The zero-order chi connectivity index (χ0) is 10.8. The molecule has 5 nitrogen and oxygen atoms in total. The summed E-state index contributed by atoms with van der Waals surface area (Å²) in [6, 6.07) is 0. The molecule has 1 aromatic rings. The van der Waals surface area contributed by atoms with Crippen LogP contribution in [-0.2, 0) is 4.74 Å². The first-order valence-electron chi connectivity index (χ1n) is 4.59. The summed E-state index contributed by atoms with van der Waals surface area (Å²) in [7, 11) is 0. The van der Waals surface area contributed by atoms with Gasteiger partial charge in [0.25, 0.3) is 0 Å². The van der Waals surface area contributed by atoms with Crippen LogP contribution in [0.25, 0.3) is 0 Å². The lowest BCUT2D eigenvalue weighted by molar-refractivity contribution is 0.0526. The Labute approximate surface area is 97.4 Å². The molecule has 0 radical (unpaired) electrons. The van der Waals surface area contributed by atoms with Crippen molar-refractivity contribution in [3.63, 3.8) is 0 Å². The molecule has 1 aliphatic rings. The molecule has 0 N–H and O–H groups in total. The van der Waals surface area contributed by atoms with E-state index in [1.807, 2.05) is 11.8 Å². The van der Waals surface area contributed by atoms with Crippen LogP contribution in [-0.4, -0.2) is 40.8 Å². The normalized spacial score (nSPS) is 21.8. The van der Waals surface area contributed by atoms with Gasteiger partial charge in [0.15, 0.2) is 0 Å². The number of anilines is 1. The second-order valence-electron chi connectivity index (χ2n) is 3.30. The van der Waals surface area contributed by atoms with Crippen LogP contribution in [0.15, 0.2) is 0 Å². The first-order chi connectivity index (χ1) is 7.15. The minimum Gasteiger partial charge on any atom is -0.375 e. The van der Waals surface area contributed by atoms with Crippen molar-refractivity contribution in [2.24, 2.45) is 0 Å². The van der Waals surface area contributed by atoms with E-state index in [-0.39, 0.29) is 16.7 Å². The molecule has 1 aromatic heterocycles. The zero-order valence-corrected chi connectivity index (χ0v) is 9.66. The van der Waals surface area contributed by atoms with Gasteiger partial charge in [-0.2, -0.15) is 15.0 Å². The standard InChI is InChI=1S/C8H10Cl2N4O/c1-5-4-14(2-3-15-5)8-12-6(9)11-7(10)13-8/h5H,2-4H2,1H3. The van der Waals surface area contributed by atoms with Crippen molar-refractivity contribution < 1.29 is 4.74 Å². The maximum atomic E-state index is 5.70. The Morgan fingerprint density at radius 1 is 1.27 bits per heavy atom. The van der Waals surface area contributed by atoms with Crippen LogP contribution in [0.1, 0.15) is 6.92 Å². The Bertz CT molecular complexity index is 342. The van der Waals surface area contributed by atoms with Gasteiger partial charge >= 0.3 is 0 Å². The number of ether oxygens (including phenoxy) is 1. The minimum atomic E-state index is 0.115. The Kier molecular flexibility index (Phi) is 3.23. The first-order valence-corrected chi connectivity index (χ1v) is 5.34. The maximum absolute atomic E-state index is 5.70. The Morgan fingerprint density at radius 2 is 1.93 bits per heavy atom. The van der Waals surface area contributed by atoms with Gasteiger partial charge in [-0.15, -0.1) is 0 Å². The van der Waals surface area contributed by atoms with Crippen LogP contribution in [0.3, 0.4) is 0 Å². The molecule has 2 rings (SSSR count). The van der Waals surface area contributed by atoms with E-state index in [2.05, 4.69) is 15.0 Å². The second-order valence-corrected chi connectivity index (χ2v) is 3.98. The van der Waals surface area contributed by atoms with E-state index in [1.54, 1.807) is 0 Å². The van der Waals surface area contributed by atoms with Crippen LogP contribution in [0, 0.1) is 0 Å². The number of nitrogens with zero attached hydrogens (tertiary/aromatic N) is 4. The third kappa shape index (κ3) is 2.68. The van der Waals surface area contributed by atoms with Crippen LogP contribution < -0.4 is 4.90 Å². The Balaban J connectivity index is 2.20. The van der Waals surface area contributed by atoms with Gasteiger partial charge in [0, 0.05) is 13.1 Å². The molecule has 0 aromatic carbocycles. The lowest BCUT2D eigenvalue weighted by atomic mass is 10.3. The van der Waals surface area contributed by atoms with Crippen molar-refractivity contribution in [2.45, 2.75) is 13.0 Å². The van der Waals surface area contributed by atoms with E-state index in [4.69, 9.17) is 27.9 Å². The highest BCUT2D eigenvalue weighted by Gasteiger charge is 2.19. The van der Waals surface area contributed by atoms with E-state index in [1.165, 1.54) is 0 Å². The van der Waals surface area contributed by atoms with E-state index in [9.17, 15) is 0 Å². The van der Waals surface area contributed by atoms with E-state index >= 15 is 0 Å². The van der Waals surface area contributed by atoms with E-state index in [0.29, 0.717) is 12.6 Å². The van der Waals surface area contributed by atoms with Crippen molar-refractivity contribution in [1.82, 2.24) is 15.0 Å². The molecule has 0 aliphatic carbocycles. The van der Waals surface area contributed by atoms with Crippen molar-refractivity contribution in [2.75, 3.05) is 24.6 Å². The summed E-state index contributed by atoms with van der Waals surface area (Å²) in [5.74, 6) is 0.509. The van der Waals surface area contributed by atoms with Crippen molar-refractivity contribution >= 4 is 29.2 Å². The molecule has 2 heterocycles. The molecular weight excluding hydrogens is 239 g/mol. The summed E-state index contributed by atoms with van der Waals surface area (Å²) >= 11 is 11.4. The summed E-state index contributed by atoms with van der Waals surface area (Å²) in [6.07, 6.45) is 0.160. The van der Waals surface area contributed by atoms with Crippen LogP contribution in [0.5, 0.6) is 0 Å². The van der Waals surface area contributed by atoms with Crippen LogP contribution in [0.4, 0.5) is 5.95 Å². The van der Waals surface area contributed by atoms with Gasteiger partial charge in [0.2, 0.25) is 16.5 Å². The third-order valence-electron chi connectivity index (χ3n) is 2.09. The summed E-state index contributed by atoms with van der Waals surface area (Å²) < 4.78 is 5.41. The average Bonchev–Trinajstić information content (AvgIpc) is 2.16. The maximum Gasteiger partial charge on any atom is 0.231 e. The highest BCUT2D eigenvalue weighted by atomic mass is 35.5. The zero-order valence-electron chi connectivity index (χ0n) is 8.15. The van der Waals surface area contributed by atoms with E-state index in [0.717, 1.165) is 13.1 Å². The van der Waals surface area contributed by atoms with E-state index < -0.39 is 0 Å². The van der Waals surface area contributed by atoms with Crippen molar-refractivity contribution in [3.05, 3.63) is 10.6 Å². The smallest absolute Gasteiger partial charge is 0.231 e. The van der Waals surface area contributed by atoms with Gasteiger partial charge in [-0.3, -0.25) is 0 Å². The Morgan fingerprint density at radius 3 is 2.53 bits per heavy atom. The topological polar surface area (TPSA) is 51.1 Å². The Hall–Kier alpha value is -0.650. The molecule has 7 heteroatoms. The van der Waals surface area contributed by atoms with Crippen LogP contribution in [0.2, 0.25) is 10.6 Å². The minimum absolute atomic E-state index is 0.115. The number of hydrogen-bond donors (Lipinski definition) is 0. The first kappa shape index (κ1) is 10.9. The van der Waals surface area contributed by atoms with Gasteiger partial charge in [0.05, 0.1) is 12.7 Å². The molecule has 1 atom stereocenters. The molecule has 1 fully saturated rings. The highest BCUT2D eigenvalue weighted by molar-refractivity contribution is 6.31. The highest BCUT2D eigenvalue weighted by Crippen LogP contribution is 2.16. The van der Waals surface area contributed by atoms with Gasteiger partial charge in [-0.25, -0.2) is 0 Å². The second kappa shape index (κ2) is 4.47. The van der Waals surface area contributed by atoms with Gasteiger partial charge in [-0.05, 0) is 30.1 Å². The molecule has 0 bridgehead atoms. The summed E-state index contributed by atoms with van der Waals surface area (Å²) in [5, 5.41) is 0.230. The largest absolute Gasteiger partial charge is 0.375 e. The summed E-state index contributed by atoms with van der Waals surface area (Å²) in [6.45, 7) is 4.12. The SMILES string of the molecule is CC1CN(c2nc(Cl)nc(Cl)n2)CCO1. The number of rotatable bonds is 1. The predicted molar refractivity (Wildman–Crippen MR) is 57.5 cm³/mol. The van der Waals surface area contributed by atoms with Crippen molar-refractivity contribution in [3.8, 4) is 0 Å². The molecule has 82 valence electrons. The fourth-order valence-corrected chi connectivity index (χ4v) is 1.81. The quantitative estimate of drug-likeness (QED) is 0.753. The summed E-state index contributed by atoms with van der Waals surface area (Å²) in [5.41, 5.74) is 0. The molecule has 15 heavy (non-hydrogen) atoms. The molecule has 1 saturated heterocycles. The predicted octanol–water partition coefficient (Wildman–Crippen LogP) is 1.40. The fraction of sp³-hybridized carbons (Fsp3) is 0.625. The number of hydrogen-bond acceptors (Lipinski definition) is 5. The lowest BCUT2D eigenvalue weighted by Crippen LogP contribution is -2.42. The number of aromatic nitrogens is 3. The van der Waals surface area contributed by atoms with Gasteiger partial charge in [-0.1, -0.05) is 0 Å². The summed E-state index contributed by atoms with van der Waals surface area (Å²) in [4.78, 5) is 13.7. The fourth-order valence-electron chi connectivity index (χ4n) is 1.46. The lowest BCUT2D eigenvalue weighted by Gasteiger charge is -2.30. The van der Waals surface area contributed by atoms with Crippen LogP contribution >= 0.6 is 23.2 Å². The molecule has 1 unspecified atom stereocenters. The molecule has 0 amide bonds. The monoisotopic (exact) mass is 248 g/mol. The number of morpholine rings is 1. The molecular formula is C8H10Cl2N4O. The van der Waals surface area contributed by atoms with Gasteiger partial charge < -0.3 is 9.64 Å². The number of halogens is 2.